The van der Waals surface area contributed by atoms with Crippen molar-refractivity contribution in [1.29, 1.82) is 0 Å². The molecular formula is C10H19NO4. The second-order valence-corrected chi connectivity index (χ2v) is 3.39. The predicted molar refractivity (Wildman–Crippen MR) is 55.6 cm³/mol. The fourth-order valence-electron chi connectivity index (χ4n) is 1.76. The second-order valence-electron chi connectivity index (χ2n) is 3.39. The van der Waals surface area contributed by atoms with Crippen molar-refractivity contribution < 1.29 is 19.4 Å². The molecule has 0 bridgehead atoms. The second kappa shape index (κ2) is 5.70. The van der Waals surface area contributed by atoms with Crippen LogP contribution >= 0.6 is 0 Å². The minimum atomic E-state index is -1.24. The average Bonchev–Trinajstić information content (AvgIpc) is 2.16. The topological polar surface area (TPSA) is 66.8 Å². The van der Waals surface area contributed by atoms with Crippen LogP contribution in [0.3, 0.4) is 0 Å². The number of nitrogens with zero attached hydrogens (tertiary/aromatic N) is 1. The van der Waals surface area contributed by atoms with Gasteiger partial charge in [-0.1, -0.05) is 6.92 Å². The molecular weight excluding hydrogens is 198 g/mol. The lowest BCUT2D eigenvalue weighted by molar-refractivity contribution is -0.163. The van der Waals surface area contributed by atoms with Gasteiger partial charge in [-0.05, 0) is 13.3 Å². The van der Waals surface area contributed by atoms with Crippen molar-refractivity contribution in [1.82, 2.24) is 4.90 Å². The number of carboxylic acid groups (broad SMARTS) is 1. The largest absolute Gasteiger partial charge is 0.479 e. The maximum absolute atomic E-state index is 11.4. The Kier molecular flexibility index (Phi) is 5.28. The summed E-state index contributed by atoms with van der Waals surface area (Å²) >= 11 is 0. The molecule has 0 aromatic carbocycles. The van der Waals surface area contributed by atoms with Crippen LogP contribution in [0.5, 0.6) is 0 Å². The number of carbonyl (C=O) groups excluding carboxylic acids is 1. The number of methoxy groups -OCH3 is 1. The third-order valence-corrected chi connectivity index (χ3v) is 2.58. The zero-order valence-electron chi connectivity index (χ0n) is 9.74. The molecule has 0 aliphatic carbocycles. The van der Waals surface area contributed by atoms with Crippen LogP contribution in [0.25, 0.3) is 0 Å². The molecule has 1 unspecified atom stereocenters. The van der Waals surface area contributed by atoms with Crippen LogP contribution in [0.1, 0.15) is 27.2 Å². The van der Waals surface area contributed by atoms with Crippen molar-refractivity contribution in [2.45, 2.75) is 32.7 Å². The van der Waals surface area contributed by atoms with Gasteiger partial charge in [0.1, 0.15) is 0 Å². The number of hydrogen-bond donors (Lipinski definition) is 1. The fourth-order valence-corrected chi connectivity index (χ4v) is 1.76. The first kappa shape index (κ1) is 13.9. The first-order valence-electron chi connectivity index (χ1n) is 4.96. The molecule has 5 nitrogen and oxygen atoms in total. The molecule has 0 aliphatic rings. The number of amides is 1. The highest BCUT2D eigenvalue weighted by Crippen LogP contribution is 2.21. The molecule has 1 N–H and O–H groups in total. The maximum Gasteiger partial charge on any atom is 0.332 e. The van der Waals surface area contributed by atoms with Gasteiger partial charge in [0, 0.05) is 20.6 Å². The first-order valence-corrected chi connectivity index (χ1v) is 4.96. The van der Waals surface area contributed by atoms with Gasteiger partial charge in [-0.25, -0.2) is 4.79 Å². The molecule has 1 amide bonds. The lowest BCUT2D eigenvalue weighted by Gasteiger charge is -2.38. The summed E-state index contributed by atoms with van der Waals surface area (Å²) in [6.07, 6.45) is 0.323. The summed E-state index contributed by atoms with van der Waals surface area (Å²) < 4.78 is 4.92. The van der Waals surface area contributed by atoms with E-state index in [0.717, 1.165) is 0 Å². The van der Waals surface area contributed by atoms with Gasteiger partial charge < -0.3 is 14.7 Å². The van der Waals surface area contributed by atoms with Gasteiger partial charge in [0.05, 0.1) is 6.61 Å². The molecule has 5 heteroatoms. The number of carbonyl (C=O) groups is 2. The van der Waals surface area contributed by atoms with Crippen molar-refractivity contribution >= 4 is 11.9 Å². The van der Waals surface area contributed by atoms with Crippen molar-refractivity contribution in [3.05, 3.63) is 0 Å². The Balaban J connectivity index is 5.19. The zero-order valence-corrected chi connectivity index (χ0v) is 9.74. The Hall–Kier alpha value is -1.10. The summed E-state index contributed by atoms with van der Waals surface area (Å²) in [5, 5.41) is 9.23. The third-order valence-electron chi connectivity index (χ3n) is 2.58. The van der Waals surface area contributed by atoms with Crippen molar-refractivity contribution in [2.75, 3.05) is 20.3 Å². The highest BCUT2D eigenvalue weighted by atomic mass is 16.5. The summed E-state index contributed by atoms with van der Waals surface area (Å²) in [4.78, 5) is 24.0. The van der Waals surface area contributed by atoms with Crippen LogP contribution in [0.2, 0.25) is 0 Å². The van der Waals surface area contributed by atoms with Gasteiger partial charge in [-0.15, -0.1) is 0 Å². The Bertz CT molecular complexity index is 242. The number of likely N-dealkylation sites (N-methyl/N-ethyl adjacent to an activating group) is 1. The van der Waals surface area contributed by atoms with E-state index >= 15 is 0 Å². The van der Waals surface area contributed by atoms with Gasteiger partial charge >= 0.3 is 5.97 Å². The minimum Gasteiger partial charge on any atom is -0.479 e. The van der Waals surface area contributed by atoms with E-state index in [1.807, 2.05) is 0 Å². The van der Waals surface area contributed by atoms with Crippen molar-refractivity contribution in [3.63, 3.8) is 0 Å². The third kappa shape index (κ3) is 2.68. The number of hydrogen-bond acceptors (Lipinski definition) is 3. The smallest absolute Gasteiger partial charge is 0.332 e. The molecule has 15 heavy (non-hydrogen) atoms. The summed E-state index contributed by atoms with van der Waals surface area (Å²) in [7, 11) is 1.43. The Labute approximate surface area is 90.0 Å². The lowest BCUT2D eigenvalue weighted by atomic mass is 9.94. The standard InChI is InChI=1S/C10H19NO4/c1-5-10(7-15-4,9(13)14)11(6-2)8(3)12/h5-7H2,1-4H3,(H,13,14). The number of rotatable bonds is 6. The monoisotopic (exact) mass is 217 g/mol. The van der Waals surface area contributed by atoms with Gasteiger partial charge in [-0.3, -0.25) is 4.79 Å². The molecule has 0 aromatic rings. The summed E-state index contributed by atoms with van der Waals surface area (Å²) in [5.74, 6) is -1.28. The molecule has 0 fully saturated rings. The minimum absolute atomic E-state index is 0.00620. The highest BCUT2D eigenvalue weighted by molar-refractivity contribution is 5.86. The molecule has 0 heterocycles. The molecule has 0 aliphatic heterocycles. The number of carboxylic acids is 1. The predicted octanol–water partition coefficient (Wildman–Crippen LogP) is 0.735. The Morgan fingerprint density at radius 3 is 2.13 bits per heavy atom. The van der Waals surface area contributed by atoms with E-state index in [1.165, 1.54) is 18.9 Å². The van der Waals surface area contributed by atoms with E-state index in [0.29, 0.717) is 13.0 Å². The number of ether oxygens (including phenoxy) is 1. The van der Waals surface area contributed by atoms with Crippen LogP contribution < -0.4 is 0 Å². The van der Waals surface area contributed by atoms with Crippen LogP contribution in [0.15, 0.2) is 0 Å². The lowest BCUT2D eigenvalue weighted by Crippen LogP contribution is -2.59. The van der Waals surface area contributed by atoms with Crippen LogP contribution in [0, 0.1) is 0 Å². The first-order chi connectivity index (χ1) is 6.96. The molecule has 0 rings (SSSR count). The average molecular weight is 217 g/mol. The molecule has 0 aromatic heterocycles. The highest BCUT2D eigenvalue weighted by Gasteiger charge is 2.43. The van der Waals surface area contributed by atoms with E-state index in [4.69, 9.17) is 4.74 Å². The molecule has 0 radical (unpaired) electrons. The van der Waals surface area contributed by atoms with Crippen LogP contribution in [-0.4, -0.2) is 47.7 Å². The zero-order chi connectivity index (χ0) is 12.1. The molecule has 0 spiro atoms. The van der Waals surface area contributed by atoms with Crippen molar-refractivity contribution in [3.8, 4) is 0 Å². The van der Waals surface area contributed by atoms with E-state index in [2.05, 4.69) is 0 Å². The molecule has 0 saturated carbocycles. The molecule has 88 valence electrons. The summed E-state index contributed by atoms with van der Waals surface area (Å²) in [6.45, 7) is 5.22. The maximum atomic E-state index is 11.4. The molecule has 1 atom stereocenters. The summed E-state index contributed by atoms with van der Waals surface area (Å²) in [5.41, 5.74) is -1.24. The quantitative estimate of drug-likeness (QED) is 0.712. The van der Waals surface area contributed by atoms with E-state index in [9.17, 15) is 14.7 Å². The Morgan fingerprint density at radius 2 is 1.93 bits per heavy atom. The fraction of sp³-hybridized carbons (Fsp3) is 0.800. The van der Waals surface area contributed by atoms with E-state index in [-0.39, 0.29) is 12.5 Å². The van der Waals surface area contributed by atoms with E-state index in [1.54, 1.807) is 13.8 Å². The number of aliphatic carboxylic acids is 1. The van der Waals surface area contributed by atoms with E-state index < -0.39 is 11.5 Å². The van der Waals surface area contributed by atoms with Crippen LogP contribution in [-0.2, 0) is 14.3 Å². The summed E-state index contributed by atoms with van der Waals surface area (Å²) in [6, 6.07) is 0. The van der Waals surface area contributed by atoms with Crippen molar-refractivity contribution in [2.24, 2.45) is 0 Å². The van der Waals surface area contributed by atoms with Gasteiger partial charge in [0.25, 0.3) is 0 Å². The van der Waals surface area contributed by atoms with Gasteiger partial charge in [0.2, 0.25) is 5.91 Å². The van der Waals surface area contributed by atoms with Gasteiger partial charge in [0.15, 0.2) is 5.54 Å². The molecule has 0 saturated heterocycles. The normalized spacial score (nSPS) is 14.4. The Morgan fingerprint density at radius 1 is 1.40 bits per heavy atom. The van der Waals surface area contributed by atoms with Crippen LogP contribution in [0.4, 0.5) is 0 Å². The van der Waals surface area contributed by atoms with Gasteiger partial charge in [-0.2, -0.15) is 0 Å². The SMILES string of the molecule is CCN(C(C)=O)C(CC)(COC)C(=O)O.